The minimum absolute atomic E-state index is 0.366. The number of nitrogens with one attached hydrogen (secondary N) is 1. The topological polar surface area (TPSA) is 58.1 Å². The fourth-order valence-corrected chi connectivity index (χ4v) is 9.13. The van der Waals surface area contributed by atoms with Crippen LogP contribution in [0.25, 0.3) is 60.6 Å². The first-order chi connectivity index (χ1) is 31.2. The van der Waals surface area contributed by atoms with E-state index in [1.54, 1.807) is 0 Å². The SMILES string of the molecule is c1ccc(C2N=C(c3ccc(-n4c5ccccc5c5ccccc54)cc3)N=C(c3ccc(-c4ccc(N(c5ccccc5)c5ccccc5)cc4)c4c3oc3ccccc34)N2)cc1. The van der Waals surface area contributed by atoms with E-state index in [2.05, 4.69) is 221 Å². The molecule has 6 heteroatoms. The Kier molecular flexibility index (Phi) is 8.78. The highest BCUT2D eigenvalue weighted by atomic mass is 16.3. The van der Waals surface area contributed by atoms with E-state index in [9.17, 15) is 0 Å². The Hall–Kier alpha value is -8.48. The fourth-order valence-electron chi connectivity index (χ4n) is 9.13. The first kappa shape index (κ1) is 36.4. The zero-order valence-corrected chi connectivity index (χ0v) is 34.1. The van der Waals surface area contributed by atoms with Gasteiger partial charge in [-0.25, -0.2) is 9.98 Å². The lowest BCUT2D eigenvalue weighted by atomic mass is 9.96. The van der Waals surface area contributed by atoms with Crippen LogP contribution in [0.2, 0.25) is 0 Å². The van der Waals surface area contributed by atoms with Crippen molar-refractivity contribution in [3.63, 3.8) is 0 Å². The van der Waals surface area contributed by atoms with Crippen LogP contribution in [0, 0.1) is 0 Å². The average Bonchev–Trinajstić information content (AvgIpc) is 3.92. The van der Waals surface area contributed by atoms with Gasteiger partial charge in [0.25, 0.3) is 0 Å². The summed E-state index contributed by atoms with van der Waals surface area (Å²) in [6.07, 6.45) is -0.366. The van der Waals surface area contributed by atoms with Gasteiger partial charge in [0.05, 0.1) is 16.6 Å². The molecule has 0 amide bonds. The summed E-state index contributed by atoms with van der Waals surface area (Å²) in [5.74, 6) is 1.35. The number of furan rings is 1. The van der Waals surface area contributed by atoms with Gasteiger partial charge in [-0.15, -0.1) is 0 Å². The molecule has 11 aromatic rings. The Morgan fingerprint density at radius 3 is 1.63 bits per heavy atom. The van der Waals surface area contributed by atoms with Gasteiger partial charge in [0, 0.05) is 49.9 Å². The average molecular weight is 810 g/mol. The lowest BCUT2D eigenvalue weighted by Crippen LogP contribution is -2.33. The van der Waals surface area contributed by atoms with Gasteiger partial charge >= 0.3 is 0 Å². The van der Waals surface area contributed by atoms with E-state index < -0.39 is 0 Å². The van der Waals surface area contributed by atoms with Crippen LogP contribution in [0.1, 0.15) is 22.9 Å². The molecular formula is C57H39N5O. The van der Waals surface area contributed by atoms with Gasteiger partial charge in [0.2, 0.25) is 0 Å². The highest BCUT2D eigenvalue weighted by Gasteiger charge is 2.26. The minimum Gasteiger partial charge on any atom is -0.455 e. The van der Waals surface area contributed by atoms with Crippen molar-refractivity contribution in [2.45, 2.75) is 6.17 Å². The summed E-state index contributed by atoms with van der Waals surface area (Å²) in [6, 6.07) is 78.5. The molecule has 9 aromatic carbocycles. The van der Waals surface area contributed by atoms with Gasteiger partial charge < -0.3 is 19.2 Å². The van der Waals surface area contributed by atoms with Gasteiger partial charge in [-0.3, -0.25) is 0 Å². The highest BCUT2D eigenvalue weighted by Crippen LogP contribution is 2.41. The third-order valence-corrected chi connectivity index (χ3v) is 12.1. The number of aromatic nitrogens is 1. The van der Waals surface area contributed by atoms with Gasteiger partial charge in [0.1, 0.15) is 23.2 Å². The van der Waals surface area contributed by atoms with E-state index in [-0.39, 0.29) is 6.17 Å². The van der Waals surface area contributed by atoms with Crippen LogP contribution in [0.3, 0.4) is 0 Å². The van der Waals surface area contributed by atoms with E-state index in [1.807, 2.05) is 18.2 Å². The fraction of sp³-hybridized carbons (Fsp3) is 0.0175. The standard InChI is InChI=1S/C57H39N5O/c1-4-16-39(17-5-1)55-58-56(40-30-34-44(35-31-40)62-50-25-13-10-22-46(50)47-23-11-14-26-51(47)62)60-57(59-55)49-37-36-45(53-48-24-12-15-27-52(48)63-54(49)53)38-28-32-43(33-29-38)61(41-18-6-2-7-19-41)42-20-8-3-9-21-42/h1-37,55H,(H,58,59,60). The second kappa shape index (κ2) is 15.2. The number of para-hydroxylation sites is 5. The second-order valence-electron chi connectivity index (χ2n) is 15.8. The normalized spacial score (nSPS) is 13.9. The minimum atomic E-state index is -0.366. The van der Waals surface area contributed by atoms with E-state index in [0.29, 0.717) is 11.7 Å². The lowest BCUT2D eigenvalue weighted by Gasteiger charge is -2.25. The van der Waals surface area contributed by atoms with Crippen molar-refractivity contribution in [3.8, 4) is 16.8 Å². The zero-order chi connectivity index (χ0) is 41.7. The van der Waals surface area contributed by atoms with Crippen molar-refractivity contribution in [3.05, 3.63) is 241 Å². The Labute approximate surface area is 364 Å². The zero-order valence-electron chi connectivity index (χ0n) is 34.1. The summed E-state index contributed by atoms with van der Waals surface area (Å²) in [7, 11) is 0. The number of anilines is 3. The molecule has 298 valence electrons. The molecule has 1 atom stereocenters. The monoisotopic (exact) mass is 809 g/mol. The molecule has 1 unspecified atom stereocenters. The van der Waals surface area contributed by atoms with Crippen LogP contribution in [0.4, 0.5) is 17.1 Å². The predicted octanol–water partition coefficient (Wildman–Crippen LogP) is 14.3. The smallest absolute Gasteiger partial charge is 0.159 e. The number of amidine groups is 2. The largest absolute Gasteiger partial charge is 0.455 e. The maximum atomic E-state index is 6.81. The molecule has 0 radical (unpaired) electrons. The van der Waals surface area contributed by atoms with Crippen LogP contribution >= 0.6 is 0 Å². The Balaban J connectivity index is 0.962. The van der Waals surface area contributed by atoms with Crippen molar-refractivity contribution in [1.29, 1.82) is 0 Å². The quantitative estimate of drug-likeness (QED) is 0.166. The lowest BCUT2D eigenvalue weighted by molar-refractivity contribution is 0.659. The molecule has 0 aliphatic carbocycles. The highest BCUT2D eigenvalue weighted by molar-refractivity contribution is 6.22. The molecule has 1 N–H and O–H groups in total. The van der Waals surface area contributed by atoms with Crippen molar-refractivity contribution in [2.75, 3.05) is 4.90 Å². The summed E-state index contributed by atoms with van der Waals surface area (Å²) in [5.41, 5.74) is 13.3. The molecule has 1 aliphatic heterocycles. The molecule has 0 fully saturated rings. The molecule has 63 heavy (non-hydrogen) atoms. The number of benzene rings is 9. The second-order valence-corrected chi connectivity index (χ2v) is 15.8. The first-order valence-electron chi connectivity index (χ1n) is 21.3. The van der Waals surface area contributed by atoms with Gasteiger partial charge in [-0.05, 0) is 102 Å². The molecule has 12 rings (SSSR count). The molecule has 0 saturated heterocycles. The molecule has 0 spiro atoms. The number of aliphatic imine (C=N–C) groups is 2. The Morgan fingerprint density at radius 1 is 0.460 bits per heavy atom. The molecule has 3 heterocycles. The van der Waals surface area contributed by atoms with Gasteiger partial charge in [0.15, 0.2) is 5.84 Å². The number of fused-ring (bicyclic) bond motifs is 6. The van der Waals surface area contributed by atoms with E-state index in [4.69, 9.17) is 14.4 Å². The Bertz CT molecular complexity index is 3420. The summed E-state index contributed by atoms with van der Waals surface area (Å²) in [5, 5.41) is 8.26. The molecule has 0 saturated carbocycles. The summed E-state index contributed by atoms with van der Waals surface area (Å²) < 4.78 is 9.14. The summed E-state index contributed by atoms with van der Waals surface area (Å²) in [6.45, 7) is 0. The van der Waals surface area contributed by atoms with E-state index >= 15 is 0 Å². The van der Waals surface area contributed by atoms with Crippen molar-refractivity contribution in [1.82, 2.24) is 9.88 Å². The van der Waals surface area contributed by atoms with Gasteiger partial charge in [-0.2, -0.15) is 0 Å². The molecule has 0 bridgehead atoms. The predicted molar refractivity (Wildman–Crippen MR) is 260 cm³/mol. The summed E-state index contributed by atoms with van der Waals surface area (Å²) >= 11 is 0. The van der Waals surface area contributed by atoms with Crippen LogP contribution in [-0.4, -0.2) is 16.2 Å². The number of hydrogen-bond donors (Lipinski definition) is 1. The van der Waals surface area contributed by atoms with Crippen LogP contribution < -0.4 is 10.2 Å². The summed E-state index contributed by atoms with van der Waals surface area (Å²) in [4.78, 5) is 12.8. The third-order valence-electron chi connectivity index (χ3n) is 12.1. The maximum Gasteiger partial charge on any atom is 0.159 e. The van der Waals surface area contributed by atoms with E-state index in [1.165, 1.54) is 21.8 Å². The maximum absolute atomic E-state index is 6.81. The van der Waals surface area contributed by atoms with Crippen LogP contribution in [0.5, 0.6) is 0 Å². The Morgan fingerprint density at radius 2 is 0.984 bits per heavy atom. The molecule has 2 aromatic heterocycles. The van der Waals surface area contributed by atoms with Crippen molar-refractivity contribution < 1.29 is 4.42 Å². The van der Waals surface area contributed by atoms with Gasteiger partial charge in [-0.1, -0.05) is 140 Å². The van der Waals surface area contributed by atoms with Crippen molar-refractivity contribution >= 4 is 72.5 Å². The first-order valence-corrected chi connectivity index (χ1v) is 21.3. The number of hydrogen-bond acceptors (Lipinski definition) is 5. The molecular weight excluding hydrogens is 771 g/mol. The van der Waals surface area contributed by atoms with Crippen LogP contribution in [0.15, 0.2) is 239 Å². The van der Waals surface area contributed by atoms with Crippen LogP contribution in [-0.2, 0) is 0 Å². The van der Waals surface area contributed by atoms with E-state index in [0.717, 1.165) is 72.5 Å². The third kappa shape index (κ3) is 6.35. The number of nitrogens with zero attached hydrogens (tertiary/aromatic N) is 4. The number of rotatable bonds is 8. The molecule has 6 nitrogen and oxygen atoms in total. The molecule has 1 aliphatic rings. The van der Waals surface area contributed by atoms with Crippen molar-refractivity contribution in [2.24, 2.45) is 9.98 Å².